The lowest BCUT2D eigenvalue weighted by molar-refractivity contribution is -0.139. The van der Waals surface area contributed by atoms with Crippen molar-refractivity contribution in [2.75, 3.05) is 17.1 Å². The molecule has 180 valence electrons. The Morgan fingerprint density at radius 2 is 1.73 bits per heavy atom. The van der Waals surface area contributed by atoms with Crippen molar-refractivity contribution in [2.45, 2.75) is 53.2 Å². The Labute approximate surface area is 205 Å². The maximum Gasteiger partial charge on any atom is 0.244 e. The van der Waals surface area contributed by atoms with E-state index in [-0.39, 0.29) is 18.5 Å². The molecule has 2 amide bonds. The van der Waals surface area contributed by atoms with E-state index in [1.54, 1.807) is 25.1 Å². The van der Waals surface area contributed by atoms with Crippen molar-refractivity contribution >= 4 is 43.5 Å². The Balaban J connectivity index is 2.41. The van der Waals surface area contributed by atoms with Crippen molar-refractivity contribution in [1.29, 1.82) is 0 Å². The first kappa shape index (κ1) is 26.9. The Morgan fingerprint density at radius 3 is 2.27 bits per heavy atom. The van der Waals surface area contributed by atoms with Gasteiger partial charge in [-0.25, -0.2) is 8.42 Å². The van der Waals surface area contributed by atoms with Crippen molar-refractivity contribution < 1.29 is 18.0 Å². The zero-order chi connectivity index (χ0) is 24.9. The third kappa shape index (κ3) is 7.57. The van der Waals surface area contributed by atoms with Crippen molar-refractivity contribution in [2.24, 2.45) is 0 Å². The lowest BCUT2D eigenvalue weighted by Crippen LogP contribution is -2.52. The van der Waals surface area contributed by atoms with Gasteiger partial charge >= 0.3 is 0 Å². The molecule has 7 nitrogen and oxygen atoms in total. The van der Waals surface area contributed by atoms with Gasteiger partial charge in [-0.2, -0.15) is 0 Å². The molecule has 0 radical (unpaired) electrons. The highest BCUT2D eigenvalue weighted by molar-refractivity contribution is 9.10. The normalized spacial score (nSPS) is 12.4. The molecular formula is C24H32BrN3O4S. The fourth-order valence-corrected chi connectivity index (χ4v) is 4.48. The zero-order valence-electron chi connectivity index (χ0n) is 19.9. The Hall–Kier alpha value is -2.39. The molecule has 33 heavy (non-hydrogen) atoms. The summed E-state index contributed by atoms with van der Waals surface area (Å²) in [5, 5.41) is 2.83. The van der Waals surface area contributed by atoms with Crippen LogP contribution in [0.2, 0.25) is 0 Å². The minimum Gasteiger partial charge on any atom is -0.352 e. The number of amides is 2. The standard InChI is InChI=1S/C24H32BrN3O4S/c1-16(2)26-24(30)19(5)27(14-20-9-7-8-17(3)12-20)23(29)15-28(33(6,31)32)21-10-11-22(25)18(4)13-21/h7-13,16,19H,14-15H2,1-6H3,(H,26,30)/t19-/m1/s1. The minimum atomic E-state index is -3.75. The summed E-state index contributed by atoms with van der Waals surface area (Å²) in [6, 6.07) is 11.9. The van der Waals surface area contributed by atoms with Crippen LogP contribution in [0.4, 0.5) is 5.69 Å². The van der Waals surface area contributed by atoms with Gasteiger partial charge in [-0.05, 0) is 63.9 Å². The van der Waals surface area contributed by atoms with Gasteiger partial charge in [-0.1, -0.05) is 45.8 Å². The number of anilines is 1. The molecule has 2 aromatic carbocycles. The number of halogens is 1. The molecule has 1 atom stereocenters. The highest BCUT2D eigenvalue weighted by Crippen LogP contribution is 2.25. The first-order chi connectivity index (χ1) is 15.3. The minimum absolute atomic E-state index is 0.0888. The Morgan fingerprint density at radius 1 is 1.06 bits per heavy atom. The molecule has 0 aliphatic heterocycles. The summed E-state index contributed by atoms with van der Waals surface area (Å²) >= 11 is 3.41. The van der Waals surface area contributed by atoms with Gasteiger partial charge in [0.25, 0.3) is 0 Å². The summed E-state index contributed by atoms with van der Waals surface area (Å²) in [4.78, 5) is 27.7. The van der Waals surface area contributed by atoms with E-state index < -0.39 is 28.5 Å². The monoisotopic (exact) mass is 537 g/mol. The first-order valence-corrected chi connectivity index (χ1v) is 13.3. The van der Waals surface area contributed by atoms with Crippen LogP contribution in [0.5, 0.6) is 0 Å². The molecule has 0 unspecified atom stereocenters. The van der Waals surface area contributed by atoms with Gasteiger partial charge in [0.2, 0.25) is 21.8 Å². The maximum absolute atomic E-state index is 13.5. The van der Waals surface area contributed by atoms with Gasteiger partial charge in [0, 0.05) is 17.1 Å². The van der Waals surface area contributed by atoms with Gasteiger partial charge < -0.3 is 10.2 Å². The number of rotatable bonds is 9. The van der Waals surface area contributed by atoms with E-state index in [1.807, 2.05) is 52.0 Å². The quantitative estimate of drug-likeness (QED) is 0.527. The second-order valence-electron chi connectivity index (χ2n) is 8.55. The molecule has 0 saturated heterocycles. The molecule has 0 aromatic heterocycles. The number of sulfonamides is 1. The fraction of sp³-hybridized carbons (Fsp3) is 0.417. The van der Waals surface area contributed by atoms with E-state index in [0.29, 0.717) is 5.69 Å². The van der Waals surface area contributed by atoms with Crippen LogP contribution in [-0.2, 0) is 26.2 Å². The number of hydrogen-bond acceptors (Lipinski definition) is 4. The largest absolute Gasteiger partial charge is 0.352 e. The smallest absolute Gasteiger partial charge is 0.244 e. The third-order valence-corrected chi connectivity index (χ3v) is 7.17. The van der Waals surface area contributed by atoms with Gasteiger partial charge in [0.1, 0.15) is 12.6 Å². The van der Waals surface area contributed by atoms with Crippen LogP contribution in [0.25, 0.3) is 0 Å². The van der Waals surface area contributed by atoms with E-state index in [2.05, 4.69) is 21.2 Å². The van der Waals surface area contributed by atoms with Crippen molar-refractivity contribution in [3.63, 3.8) is 0 Å². The number of hydrogen-bond donors (Lipinski definition) is 1. The second kappa shape index (κ2) is 11.2. The van der Waals surface area contributed by atoms with Crippen LogP contribution in [0.3, 0.4) is 0 Å². The van der Waals surface area contributed by atoms with Crippen LogP contribution in [0, 0.1) is 13.8 Å². The maximum atomic E-state index is 13.5. The first-order valence-electron chi connectivity index (χ1n) is 10.7. The molecule has 0 aliphatic carbocycles. The van der Waals surface area contributed by atoms with Crippen LogP contribution in [0.15, 0.2) is 46.9 Å². The average Bonchev–Trinajstić information content (AvgIpc) is 2.70. The number of aryl methyl sites for hydroxylation is 2. The van der Waals surface area contributed by atoms with Crippen molar-refractivity contribution in [1.82, 2.24) is 10.2 Å². The number of nitrogens with zero attached hydrogens (tertiary/aromatic N) is 2. The lowest BCUT2D eigenvalue weighted by atomic mass is 10.1. The van der Waals surface area contributed by atoms with Gasteiger partial charge in [-0.3, -0.25) is 13.9 Å². The van der Waals surface area contributed by atoms with Gasteiger partial charge in [-0.15, -0.1) is 0 Å². The molecule has 0 saturated carbocycles. The summed E-state index contributed by atoms with van der Waals surface area (Å²) in [6.07, 6.45) is 1.07. The van der Waals surface area contributed by atoms with E-state index in [1.165, 1.54) is 4.90 Å². The van der Waals surface area contributed by atoms with E-state index in [4.69, 9.17) is 0 Å². The van der Waals surface area contributed by atoms with Crippen LogP contribution in [0.1, 0.15) is 37.5 Å². The van der Waals surface area contributed by atoms with E-state index in [0.717, 1.165) is 31.7 Å². The van der Waals surface area contributed by atoms with Crippen LogP contribution < -0.4 is 9.62 Å². The summed E-state index contributed by atoms with van der Waals surface area (Å²) < 4.78 is 27.1. The van der Waals surface area contributed by atoms with E-state index in [9.17, 15) is 18.0 Å². The summed E-state index contributed by atoms with van der Waals surface area (Å²) in [7, 11) is -3.75. The number of carbonyl (C=O) groups is 2. The summed E-state index contributed by atoms with van der Waals surface area (Å²) in [6.45, 7) is 8.91. The highest BCUT2D eigenvalue weighted by atomic mass is 79.9. The number of nitrogens with one attached hydrogen (secondary N) is 1. The molecule has 0 bridgehead atoms. The summed E-state index contributed by atoms with van der Waals surface area (Å²) in [5.41, 5.74) is 3.12. The number of carbonyl (C=O) groups excluding carboxylic acids is 2. The summed E-state index contributed by atoms with van der Waals surface area (Å²) in [5.74, 6) is -0.759. The molecule has 2 rings (SSSR count). The van der Waals surface area contributed by atoms with Gasteiger partial charge in [0.15, 0.2) is 0 Å². The predicted octanol–water partition coefficient (Wildman–Crippen LogP) is 3.77. The fourth-order valence-electron chi connectivity index (χ4n) is 3.39. The van der Waals surface area contributed by atoms with E-state index >= 15 is 0 Å². The average molecular weight is 539 g/mol. The molecule has 0 fully saturated rings. The van der Waals surface area contributed by atoms with Crippen molar-refractivity contribution in [3.05, 3.63) is 63.6 Å². The van der Waals surface area contributed by atoms with Gasteiger partial charge in [0.05, 0.1) is 11.9 Å². The lowest BCUT2D eigenvalue weighted by Gasteiger charge is -2.32. The molecule has 1 N–H and O–H groups in total. The Bertz CT molecular complexity index is 1120. The predicted molar refractivity (Wildman–Crippen MR) is 136 cm³/mol. The molecule has 0 aliphatic rings. The molecule has 2 aromatic rings. The highest BCUT2D eigenvalue weighted by Gasteiger charge is 2.30. The SMILES string of the molecule is Cc1cccc(CN(C(=O)CN(c2ccc(Br)c(C)c2)S(C)(=O)=O)[C@H](C)C(=O)NC(C)C)c1. The third-order valence-electron chi connectivity index (χ3n) is 5.14. The number of benzene rings is 2. The molecule has 9 heteroatoms. The molecular weight excluding hydrogens is 506 g/mol. The van der Waals surface area contributed by atoms with Crippen molar-refractivity contribution in [3.8, 4) is 0 Å². The molecule has 0 heterocycles. The van der Waals surface area contributed by atoms with Crippen LogP contribution in [-0.4, -0.2) is 50.0 Å². The zero-order valence-corrected chi connectivity index (χ0v) is 22.3. The molecule has 0 spiro atoms. The topological polar surface area (TPSA) is 86.8 Å². The second-order valence-corrected chi connectivity index (χ2v) is 11.3. The van der Waals surface area contributed by atoms with Crippen LogP contribution >= 0.6 is 15.9 Å². The Kier molecular flexibility index (Phi) is 9.08.